The highest BCUT2D eigenvalue weighted by atomic mass is 79.9. The lowest BCUT2D eigenvalue weighted by molar-refractivity contribution is -0.140. The fraction of sp³-hybridized carbons (Fsp3) is 0.297. The lowest BCUT2D eigenvalue weighted by Gasteiger charge is -2.34. The van der Waals surface area contributed by atoms with Gasteiger partial charge in [-0.1, -0.05) is 77.5 Å². The van der Waals surface area contributed by atoms with E-state index < -0.39 is 28.5 Å². The first-order valence-corrected chi connectivity index (χ1v) is 19.3. The van der Waals surface area contributed by atoms with Crippen LogP contribution in [-0.2, 0) is 32.6 Å². The summed E-state index contributed by atoms with van der Waals surface area (Å²) in [5.74, 6) is -0.517. The monoisotopic (exact) mass is 751 g/mol. The van der Waals surface area contributed by atoms with E-state index in [2.05, 4.69) is 21.2 Å². The molecule has 48 heavy (non-hydrogen) atoms. The molecule has 0 bridgehead atoms. The van der Waals surface area contributed by atoms with Crippen LogP contribution in [0.4, 0.5) is 5.69 Å². The number of nitrogens with zero attached hydrogens (tertiary/aromatic N) is 2. The molecule has 2 atom stereocenters. The van der Waals surface area contributed by atoms with Crippen molar-refractivity contribution < 1.29 is 22.7 Å². The summed E-state index contributed by atoms with van der Waals surface area (Å²) in [6, 6.07) is 29.3. The van der Waals surface area contributed by atoms with Crippen LogP contribution in [0.1, 0.15) is 38.3 Å². The molecule has 8 nitrogen and oxygen atoms in total. The zero-order chi connectivity index (χ0) is 34.7. The number of amides is 2. The molecule has 0 heterocycles. The van der Waals surface area contributed by atoms with Crippen molar-refractivity contribution in [2.75, 3.05) is 23.7 Å². The summed E-state index contributed by atoms with van der Waals surface area (Å²) in [6.45, 7) is 5.53. The van der Waals surface area contributed by atoms with Crippen LogP contribution in [0.5, 0.6) is 5.75 Å². The molecule has 0 aromatic heterocycles. The topological polar surface area (TPSA) is 96.0 Å². The second-order valence-corrected chi connectivity index (χ2v) is 14.9. The summed E-state index contributed by atoms with van der Waals surface area (Å²) in [7, 11) is -4.26. The Morgan fingerprint density at radius 1 is 0.875 bits per heavy atom. The Morgan fingerprint density at radius 3 is 2.15 bits per heavy atom. The highest BCUT2D eigenvalue weighted by Crippen LogP contribution is 2.33. The third kappa shape index (κ3) is 9.64. The number of para-hydroxylation sites is 2. The number of rotatable bonds is 16. The first-order chi connectivity index (χ1) is 23.1. The molecular formula is C37H42BrN3O5S2. The summed E-state index contributed by atoms with van der Waals surface area (Å²) in [6.07, 6.45) is 2.86. The SMILES string of the molecule is CCOc1ccccc1N(CC(=O)N(Cc1ccc(Br)cc1)[C@@H](Cc1ccccc1)C(=O)N[C@@H](C)CC)S(=O)(=O)c1ccc(SC)cc1. The van der Waals surface area contributed by atoms with Crippen molar-refractivity contribution in [3.05, 3.63) is 119 Å². The molecule has 0 fully saturated rings. The Morgan fingerprint density at radius 2 is 1.52 bits per heavy atom. The number of sulfonamides is 1. The maximum atomic E-state index is 14.7. The predicted molar refractivity (Wildman–Crippen MR) is 197 cm³/mol. The van der Waals surface area contributed by atoms with Crippen LogP contribution >= 0.6 is 27.7 Å². The van der Waals surface area contributed by atoms with Gasteiger partial charge in [-0.25, -0.2) is 8.42 Å². The van der Waals surface area contributed by atoms with E-state index in [1.807, 2.05) is 81.6 Å². The molecule has 0 unspecified atom stereocenters. The van der Waals surface area contributed by atoms with E-state index in [9.17, 15) is 18.0 Å². The van der Waals surface area contributed by atoms with Crippen molar-refractivity contribution in [1.82, 2.24) is 10.2 Å². The summed E-state index contributed by atoms with van der Waals surface area (Å²) in [5, 5.41) is 3.06. The molecule has 4 aromatic carbocycles. The van der Waals surface area contributed by atoms with Crippen molar-refractivity contribution in [1.29, 1.82) is 0 Å². The highest BCUT2D eigenvalue weighted by Gasteiger charge is 2.35. The van der Waals surface area contributed by atoms with Crippen molar-refractivity contribution in [2.45, 2.75) is 62.0 Å². The number of carbonyl (C=O) groups excluding carboxylic acids is 2. The summed E-state index contributed by atoms with van der Waals surface area (Å²) < 4.78 is 36.7. The second-order valence-electron chi connectivity index (χ2n) is 11.3. The number of benzene rings is 4. The molecule has 2 amide bonds. The number of hydrogen-bond acceptors (Lipinski definition) is 6. The summed E-state index contributed by atoms with van der Waals surface area (Å²) >= 11 is 4.97. The lowest BCUT2D eigenvalue weighted by Crippen LogP contribution is -2.54. The minimum atomic E-state index is -4.26. The van der Waals surface area contributed by atoms with Gasteiger partial charge < -0.3 is 15.0 Å². The fourth-order valence-electron chi connectivity index (χ4n) is 5.11. The van der Waals surface area contributed by atoms with E-state index in [0.29, 0.717) is 18.8 Å². The van der Waals surface area contributed by atoms with Gasteiger partial charge in [-0.2, -0.15) is 0 Å². The minimum Gasteiger partial charge on any atom is -0.492 e. The standard InChI is InChI=1S/C37H42BrN3O5S2/c1-5-27(3)39-37(43)34(24-28-12-8-7-9-13-28)40(25-29-16-18-30(38)19-17-29)36(42)26-41(33-14-10-11-15-35(33)46-6-2)48(44,45)32-22-20-31(47-4)21-23-32/h7-23,27,34H,5-6,24-26H2,1-4H3,(H,39,43)/t27-,34-/m0/s1. The van der Waals surface area contributed by atoms with Crippen LogP contribution in [0.2, 0.25) is 0 Å². The Bertz CT molecular complexity index is 1750. The fourth-order valence-corrected chi connectivity index (χ4v) is 7.21. The van der Waals surface area contributed by atoms with Crippen molar-refractivity contribution in [2.24, 2.45) is 0 Å². The minimum absolute atomic E-state index is 0.0363. The first kappa shape index (κ1) is 37.0. The van der Waals surface area contributed by atoms with E-state index >= 15 is 0 Å². The van der Waals surface area contributed by atoms with E-state index in [0.717, 1.165) is 24.8 Å². The zero-order valence-corrected chi connectivity index (χ0v) is 30.9. The Labute approximate surface area is 297 Å². The van der Waals surface area contributed by atoms with E-state index in [4.69, 9.17) is 4.74 Å². The number of halogens is 1. The molecular weight excluding hydrogens is 710 g/mol. The molecule has 4 rings (SSSR count). The average molecular weight is 753 g/mol. The maximum Gasteiger partial charge on any atom is 0.264 e. The molecule has 0 aliphatic rings. The molecule has 254 valence electrons. The van der Waals surface area contributed by atoms with Crippen molar-refractivity contribution in [3.63, 3.8) is 0 Å². The van der Waals surface area contributed by atoms with Crippen LogP contribution in [-0.4, -0.2) is 56.6 Å². The third-order valence-electron chi connectivity index (χ3n) is 7.90. The van der Waals surface area contributed by atoms with E-state index in [-0.39, 0.29) is 35.5 Å². The molecule has 0 saturated carbocycles. The molecule has 0 radical (unpaired) electrons. The largest absolute Gasteiger partial charge is 0.492 e. The number of thioether (sulfide) groups is 1. The molecule has 0 aliphatic carbocycles. The first-order valence-electron chi connectivity index (χ1n) is 15.8. The highest BCUT2D eigenvalue weighted by molar-refractivity contribution is 9.10. The Balaban J connectivity index is 1.84. The van der Waals surface area contributed by atoms with Gasteiger partial charge in [-0.05, 0) is 86.2 Å². The van der Waals surface area contributed by atoms with Gasteiger partial charge in [0.25, 0.3) is 10.0 Å². The lowest BCUT2D eigenvalue weighted by atomic mass is 10.0. The molecule has 0 aliphatic heterocycles. The molecule has 0 spiro atoms. The van der Waals surface area contributed by atoms with Crippen LogP contribution < -0.4 is 14.4 Å². The second kappa shape index (κ2) is 17.6. The number of carbonyl (C=O) groups is 2. The van der Waals surface area contributed by atoms with Crippen LogP contribution in [0.15, 0.2) is 117 Å². The van der Waals surface area contributed by atoms with Gasteiger partial charge in [0.05, 0.1) is 17.2 Å². The quantitative estimate of drug-likeness (QED) is 0.121. The molecule has 0 saturated heterocycles. The van der Waals surface area contributed by atoms with Crippen LogP contribution in [0.3, 0.4) is 0 Å². The van der Waals surface area contributed by atoms with Gasteiger partial charge in [-0.15, -0.1) is 11.8 Å². The predicted octanol–water partition coefficient (Wildman–Crippen LogP) is 7.32. The van der Waals surface area contributed by atoms with Crippen molar-refractivity contribution in [3.8, 4) is 5.75 Å². The average Bonchev–Trinajstić information content (AvgIpc) is 3.10. The van der Waals surface area contributed by atoms with Gasteiger partial charge in [0.2, 0.25) is 11.8 Å². The number of ether oxygens (including phenoxy) is 1. The molecule has 4 aromatic rings. The van der Waals surface area contributed by atoms with Gasteiger partial charge in [0.1, 0.15) is 18.3 Å². The van der Waals surface area contributed by atoms with Crippen molar-refractivity contribution >= 4 is 55.2 Å². The number of hydrogen-bond donors (Lipinski definition) is 1. The summed E-state index contributed by atoms with van der Waals surface area (Å²) in [5.41, 5.74) is 1.89. The zero-order valence-electron chi connectivity index (χ0n) is 27.6. The van der Waals surface area contributed by atoms with E-state index in [1.165, 1.54) is 16.7 Å². The molecule has 11 heteroatoms. The van der Waals surface area contributed by atoms with Crippen LogP contribution in [0.25, 0.3) is 0 Å². The van der Waals surface area contributed by atoms with E-state index in [1.54, 1.807) is 48.5 Å². The summed E-state index contributed by atoms with van der Waals surface area (Å²) in [4.78, 5) is 31.2. The van der Waals surface area contributed by atoms with Gasteiger partial charge in [0, 0.05) is 28.4 Å². The van der Waals surface area contributed by atoms with Gasteiger partial charge in [0.15, 0.2) is 0 Å². The normalized spacial score (nSPS) is 12.5. The Hall–Kier alpha value is -3.80. The van der Waals surface area contributed by atoms with Gasteiger partial charge >= 0.3 is 0 Å². The smallest absolute Gasteiger partial charge is 0.264 e. The van der Waals surface area contributed by atoms with Crippen LogP contribution in [0, 0.1) is 0 Å². The Kier molecular flexibility index (Phi) is 13.5. The van der Waals surface area contributed by atoms with Gasteiger partial charge in [-0.3, -0.25) is 13.9 Å². The number of nitrogens with one attached hydrogen (secondary N) is 1. The third-order valence-corrected chi connectivity index (χ3v) is 10.9. The number of anilines is 1. The molecule has 1 N–H and O–H groups in total. The maximum absolute atomic E-state index is 14.7.